The Kier molecular flexibility index (Phi) is 4.81. The van der Waals surface area contributed by atoms with E-state index in [2.05, 4.69) is 20.3 Å². The Hall–Kier alpha value is -1.79. The average Bonchev–Trinajstić information content (AvgIpc) is 2.88. The van der Waals surface area contributed by atoms with Gasteiger partial charge >= 0.3 is 0 Å². The minimum absolute atomic E-state index is 0. The Balaban J connectivity index is 0.00000147. The minimum atomic E-state index is 0. The molecule has 0 saturated carbocycles. The summed E-state index contributed by atoms with van der Waals surface area (Å²) in [5, 5.41) is 6.01. The number of halogens is 1. The zero-order valence-electron chi connectivity index (χ0n) is 10.8. The number of anilines is 2. The number of nitrogens with zero attached hydrogens (tertiary/aromatic N) is 3. The standard InChI is InChI=1S/C14H12N4S.BrH/c1-10-5-7-16-13(8-10)18-14-17-12(9-19-14)11-4-2-3-6-15-11;/h2-9H,1H3,(H,16,17,18);1H. The number of pyridine rings is 2. The highest BCUT2D eigenvalue weighted by atomic mass is 79.9. The molecule has 0 bridgehead atoms. The second kappa shape index (κ2) is 6.58. The maximum Gasteiger partial charge on any atom is 0.188 e. The van der Waals surface area contributed by atoms with Crippen LogP contribution in [0.4, 0.5) is 10.9 Å². The van der Waals surface area contributed by atoms with Gasteiger partial charge in [0.2, 0.25) is 0 Å². The summed E-state index contributed by atoms with van der Waals surface area (Å²) in [4.78, 5) is 13.1. The van der Waals surface area contributed by atoms with E-state index >= 15 is 0 Å². The second-order valence-corrected chi connectivity index (χ2v) is 4.95. The first-order valence-corrected chi connectivity index (χ1v) is 6.76. The first-order valence-electron chi connectivity index (χ1n) is 5.88. The van der Waals surface area contributed by atoms with Crippen LogP contribution < -0.4 is 5.32 Å². The van der Waals surface area contributed by atoms with Crippen LogP contribution in [0.15, 0.2) is 48.1 Å². The molecular weight excluding hydrogens is 336 g/mol. The molecular formula is C14H13BrN4S. The molecule has 3 rings (SSSR count). The van der Waals surface area contributed by atoms with Gasteiger partial charge in [-0.25, -0.2) is 9.97 Å². The number of nitrogens with one attached hydrogen (secondary N) is 1. The first-order chi connectivity index (χ1) is 9.31. The number of hydrogen-bond donors (Lipinski definition) is 1. The number of aryl methyl sites for hydroxylation is 1. The van der Waals surface area contributed by atoms with Gasteiger partial charge in [0.25, 0.3) is 0 Å². The molecule has 0 aromatic carbocycles. The SMILES string of the molecule is Br.Cc1ccnc(Nc2nc(-c3ccccn3)cs2)c1. The van der Waals surface area contributed by atoms with E-state index in [4.69, 9.17) is 0 Å². The molecule has 3 aromatic rings. The van der Waals surface area contributed by atoms with Gasteiger partial charge in [-0.15, -0.1) is 28.3 Å². The third kappa shape index (κ3) is 3.40. The summed E-state index contributed by atoms with van der Waals surface area (Å²) in [7, 11) is 0. The molecule has 4 nitrogen and oxygen atoms in total. The van der Waals surface area contributed by atoms with Crippen LogP contribution in [-0.2, 0) is 0 Å². The van der Waals surface area contributed by atoms with Gasteiger partial charge in [-0.3, -0.25) is 4.98 Å². The van der Waals surface area contributed by atoms with Crippen LogP contribution in [0.3, 0.4) is 0 Å². The van der Waals surface area contributed by atoms with Crippen molar-refractivity contribution < 1.29 is 0 Å². The Bertz CT molecular complexity index is 684. The second-order valence-electron chi connectivity index (χ2n) is 4.10. The minimum Gasteiger partial charge on any atom is -0.316 e. The van der Waals surface area contributed by atoms with Crippen LogP contribution in [0.1, 0.15) is 5.56 Å². The predicted octanol–water partition coefficient (Wildman–Crippen LogP) is 4.23. The summed E-state index contributed by atoms with van der Waals surface area (Å²) >= 11 is 1.54. The molecule has 20 heavy (non-hydrogen) atoms. The van der Waals surface area contributed by atoms with Crippen molar-refractivity contribution in [3.63, 3.8) is 0 Å². The van der Waals surface area contributed by atoms with Gasteiger partial charge in [0, 0.05) is 17.8 Å². The molecule has 0 aliphatic heterocycles. The lowest BCUT2D eigenvalue weighted by Crippen LogP contribution is -1.93. The van der Waals surface area contributed by atoms with Crippen molar-refractivity contribution in [1.82, 2.24) is 15.0 Å². The molecule has 0 saturated heterocycles. The number of hydrogen-bond acceptors (Lipinski definition) is 5. The summed E-state index contributed by atoms with van der Waals surface area (Å²) in [6.45, 7) is 2.04. The topological polar surface area (TPSA) is 50.7 Å². The lowest BCUT2D eigenvalue weighted by atomic mass is 10.3. The molecule has 0 spiro atoms. The van der Waals surface area contributed by atoms with Gasteiger partial charge < -0.3 is 5.32 Å². The fraction of sp³-hybridized carbons (Fsp3) is 0.0714. The number of aromatic nitrogens is 3. The Morgan fingerprint density at radius 2 is 1.95 bits per heavy atom. The monoisotopic (exact) mass is 348 g/mol. The van der Waals surface area contributed by atoms with Gasteiger partial charge in [0.15, 0.2) is 5.13 Å². The van der Waals surface area contributed by atoms with E-state index in [1.54, 1.807) is 23.7 Å². The molecule has 0 radical (unpaired) electrons. The fourth-order valence-electron chi connectivity index (χ4n) is 1.68. The molecule has 0 atom stereocenters. The summed E-state index contributed by atoms with van der Waals surface area (Å²) in [6, 6.07) is 9.75. The summed E-state index contributed by atoms with van der Waals surface area (Å²) < 4.78 is 0. The molecule has 6 heteroatoms. The normalized spacial score (nSPS) is 9.85. The van der Waals surface area contributed by atoms with E-state index in [9.17, 15) is 0 Å². The zero-order chi connectivity index (χ0) is 13.1. The van der Waals surface area contributed by atoms with Crippen molar-refractivity contribution in [2.75, 3.05) is 5.32 Å². The van der Waals surface area contributed by atoms with E-state index < -0.39 is 0 Å². The lowest BCUT2D eigenvalue weighted by molar-refractivity contribution is 1.25. The van der Waals surface area contributed by atoms with E-state index in [0.29, 0.717) is 0 Å². The average molecular weight is 349 g/mol. The van der Waals surface area contributed by atoms with Crippen LogP contribution in [0.5, 0.6) is 0 Å². The van der Waals surface area contributed by atoms with Crippen LogP contribution in [0.25, 0.3) is 11.4 Å². The van der Waals surface area contributed by atoms with Crippen molar-refractivity contribution in [3.05, 3.63) is 53.7 Å². The van der Waals surface area contributed by atoms with Crippen molar-refractivity contribution in [1.29, 1.82) is 0 Å². The van der Waals surface area contributed by atoms with E-state index in [1.807, 2.05) is 42.6 Å². The molecule has 0 fully saturated rings. The molecule has 3 aromatic heterocycles. The fourth-order valence-corrected chi connectivity index (χ4v) is 2.39. The summed E-state index contributed by atoms with van der Waals surface area (Å²) in [5.41, 5.74) is 2.92. The molecule has 1 N–H and O–H groups in total. The Labute approximate surface area is 131 Å². The van der Waals surface area contributed by atoms with Gasteiger partial charge in [0.05, 0.1) is 5.69 Å². The van der Waals surface area contributed by atoms with Crippen LogP contribution in [-0.4, -0.2) is 15.0 Å². The number of thiazole rings is 1. The van der Waals surface area contributed by atoms with Crippen molar-refractivity contribution in [2.24, 2.45) is 0 Å². The molecule has 0 aliphatic carbocycles. The predicted molar refractivity (Wildman–Crippen MR) is 87.9 cm³/mol. The first kappa shape index (κ1) is 14.6. The van der Waals surface area contributed by atoms with Gasteiger partial charge in [-0.05, 0) is 36.8 Å². The summed E-state index contributed by atoms with van der Waals surface area (Å²) in [5.74, 6) is 0.807. The lowest BCUT2D eigenvalue weighted by Gasteiger charge is -2.01. The van der Waals surface area contributed by atoms with Crippen molar-refractivity contribution in [2.45, 2.75) is 6.92 Å². The van der Waals surface area contributed by atoms with Crippen molar-refractivity contribution >= 4 is 39.3 Å². The van der Waals surface area contributed by atoms with Gasteiger partial charge in [0.1, 0.15) is 11.5 Å². The van der Waals surface area contributed by atoms with E-state index in [-0.39, 0.29) is 17.0 Å². The molecule has 3 heterocycles. The molecule has 102 valence electrons. The quantitative estimate of drug-likeness (QED) is 0.769. The third-order valence-electron chi connectivity index (χ3n) is 2.58. The van der Waals surface area contributed by atoms with Crippen LogP contribution in [0, 0.1) is 6.92 Å². The Morgan fingerprint density at radius 1 is 1.05 bits per heavy atom. The number of rotatable bonds is 3. The molecule has 0 unspecified atom stereocenters. The third-order valence-corrected chi connectivity index (χ3v) is 3.34. The zero-order valence-corrected chi connectivity index (χ0v) is 13.3. The summed E-state index contributed by atoms with van der Waals surface area (Å²) in [6.07, 6.45) is 3.55. The smallest absolute Gasteiger partial charge is 0.188 e. The Morgan fingerprint density at radius 3 is 2.70 bits per heavy atom. The largest absolute Gasteiger partial charge is 0.316 e. The van der Waals surface area contributed by atoms with E-state index in [1.165, 1.54) is 5.56 Å². The van der Waals surface area contributed by atoms with Crippen LogP contribution in [0.2, 0.25) is 0 Å². The van der Waals surface area contributed by atoms with E-state index in [0.717, 1.165) is 22.3 Å². The van der Waals surface area contributed by atoms with Crippen molar-refractivity contribution in [3.8, 4) is 11.4 Å². The maximum absolute atomic E-state index is 4.51. The maximum atomic E-state index is 4.51. The van der Waals surface area contributed by atoms with Crippen LogP contribution >= 0.6 is 28.3 Å². The highest BCUT2D eigenvalue weighted by Crippen LogP contribution is 2.25. The van der Waals surface area contributed by atoms with Gasteiger partial charge in [-0.1, -0.05) is 6.07 Å². The van der Waals surface area contributed by atoms with Gasteiger partial charge in [-0.2, -0.15) is 0 Å². The highest BCUT2D eigenvalue weighted by molar-refractivity contribution is 8.93. The molecule has 0 amide bonds. The highest BCUT2D eigenvalue weighted by Gasteiger charge is 2.05. The molecule has 0 aliphatic rings.